The summed E-state index contributed by atoms with van der Waals surface area (Å²) in [6.07, 6.45) is -3.90. The predicted octanol–water partition coefficient (Wildman–Crippen LogP) is 2.98. The molecule has 0 saturated heterocycles. The summed E-state index contributed by atoms with van der Waals surface area (Å²) in [5.41, 5.74) is 2.56. The lowest BCUT2D eigenvalue weighted by atomic mass is 10.2. The molecule has 1 heterocycles. The summed E-state index contributed by atoms with van der Waals surface area (Å²) < 4.78 is 40.9. The second-order valence-corrected chi connectivity index (χ2v) is 5.11. The van der Waals surface area contributed by atoms with E-state index in [0.717, 1.165) is 9.35 Å². The van der Waals surface area contributed by atoms with Crippen LogP contribution in [0.2, 0.25) is 0 Å². The number of ether oxygens (including phenoxy) is 1. The molecule has 0 amide bonds. The molecule has 0 bridgehead atoms. The molecule has 0 saturated carbocycles. The standard InChI is InChI=1S/C9H12BrF3N2OS/c10-6-2-4-17-8(6)7(15-14)1-3-16-5-9(11,12)13/h2,4,7,15H,1,3,5,14H2. The second kappa shape index (κ2) is 6.69. The van der Waals surface area contributed by atoms with Crippen LogP contribution >= 0.6 is 27.3 Å². The van der Waals surface area contributed by atoms with Crippen molar-refractivity contribution in [2.24, 2.45) is 5.84 Å². The summed E-state index contributed by atoms with van der Waals surface area (Å²) in [4.78, 5) is 0.947. The van der Waals surface area contributed by atoms with Gasteiger partial charge in [0.25, 0.3) is 0 Å². The van der Waals surface area contributed by atoms with Gasteiger partial charge in [0.05, 0.1) is 6.04 Å². The Labute approximate surface area is 109 Å². The van der Waals surface area contributed by atoms with Crippen LogP contribution in [0.15, 0.2) is 15.9 Å². The van der Waals surface area contributed by atoms with E-state index in [1.54, 1.807) is 0 Å². The summed E-state index contributed by atoms with van der Waals surface area (Å²) in [6, 6.07) is 1.65. The van der Waals surface area contributed by atoms with Gasteiger partial charge in [0.15, 0.2) is 0 Å². The molecule has 0 aliphatic rings. The Morgan fingerprint density at radius 2 is 2.24 bits per heavy atom. The number of hydrazine groups is 1. The van der Waals surface area contributed by atoms with E-state index in [2.05, 4.69) is 26.1 Å². The van der Waals surface area contributed by atoms with Crippen molar-refractivity contribution in [3.63, 3.8) is 0 Å². The Bertz CT molecular complexity index is 345. The lowest BCUT2D eigenvalue weighted by Gasteiger charge is -2.15. The van der Waals surface area contributed by atoms with Crippen LogP contribution < -0.4 is 11.3 Å². The van der Waals surface area contributed by atoms with Crippen molar-refractivity contribution >= 4 is 27.3 Å². The van der Waals surface area contributed by atoms with E-state index in [4.69, 9.17) is 5.84 Å². The number of rotatable bonds is 6. The maximum Gasteiger partial charge on any atom is 0.411 e. The molecular weight excluding hydrogens is 321 g/mol. The number of hydrogen-bond donors (Lipinski definition) is 2. The minimum absolute atomic E-state index is 0.00127. The fourth-order valence-corrected chi connectivity index (χ4v) is 2.98. The van der Waals surface area contributed by atoms with E-state index in [-0.39, 0.29) is 12.6 Å². The Balaban J connectivity index is 2.37. The van der Waals surface area contributed by atoms with Gasteiger partial charge >= 0.3 is 6.18 Å². The highest BCUT2D eigenvalue weighted by Crippen LogP contribution is 2.30. The molecule has 0 fully saturated rings. The quantitative estimate of drug-likeness (QED) is 0.478. The Kier molecular flexibility index (Phi) is 5.87. The monoisotopic (exact) mass is 332 g/mol. The maximum atomic E-state index is 11.8. The van der Waals surface area contributed by atoms with E-state index in [1.165, 1.54) is 11.3 Å². The van der Waals surface area contributed by atoms with Gasteiger partial charge in [-0.2, -0.15) is 13.2 Å². The topological polar surface area (TPSA) is 47.3 Å². The highest BCUT2D eigenvalue weighted by atomic mass is 79.9. The van der Waals surface area contributed by atoms with Gasteiger partial charge in [0, 0.05) is 16.0 Å². The first-order valence-corrected chi connectivity index (χ1v) is 6.45. The SMILES string of the molecule is NNC(CCOCC(F)(F)F)c1sccc1Br. The lowest BCUT2D eigenvalue weighted by molar-refractivity contribution is -0.174. The zero-order valence-corrected chi connectivity index (χ0v) is 11.2. The van der Waals surface area contributed by atoms with Crippen molar-refractivity contribution < 1.29 is 17.9 Å². The minimum atomic E-state index is -4.28. The molecule has 1 rings (SSSR count). The average Bonchev–Trinajstić information content (AvgIpc) is 2.63. The molecule has 0 aliphatic heterocycles. The first kappa shape index (κ1) is 14.9. The van der Waals surface area contributed by atoms with E-state index in [9.17, 15) is 13.2 Å². The van der Waals surface area contributed by atoms with Crippen LogP contribution in [-0.4, -0.2) is 19.4 Å². The number of nitrogens with two attached hydrogens (primary N) is 1. The fraction of sp³-hybridized carbons (Fsp3) is 0.556. The van der Waals surface area contributed by atoms with Gasteiger partial charge in [-0.3, -0.25) is 11.3 Å². The van der Waals surface area contributed by atoms with E-state index >= 15 is 0 Å². The molecule has 1 aromatic rings. The molecule has 1 aromatic heterocycles. The minimum Gasteiger partial charge on any atom is -0.372 e. The van der Waals surface area contributed by atoms with E-state index < -0.39 is 12.8 Å². The second-order valence-electron chi connectivity index (χ2n) is 3.31. The van der Waals surface area contributed by atoms with Crippen LogP contribution in [0.25, 0.3) is 0 Å². The maximum absolute atomic E-state index is 11.8. The van der Waals surface area contributed by atoms with Gasteiger partial charge in [-0.05, 0) is 33.8 Å². The fourth-order valence-electron chi connectivity index (χ4n) is 1.23. The Hall–Kier alpha value is -0.150. The van der Waals surface area contributed by atoms with Gasteiger partial charge in [-0.15, -0.1) is 11.3 Å². The van der Waals surface area contributed by atoms with Crippen molar-refractivity contribution in [1.29, 1.82) is 0 Å². The molecule has 17 heavy (non-hydrogen) atoms. The number of thiophene rings is 1. The summed E-state index contributed by atoms with van der Waals surface area (Å²) in [6.45, 7) is -1.23. The molecule has 3 N–H and O–H groups in total. The van der Waals surface area contributed by atoms with E-state index in [0.29, 0.717) is 6.42 Å². The molecule has 1 atom stereocenters. The molecule has 8 heteroatoms. The molecule has 98 valence electrons. The Morgan fingerprint density at radius 1 is 1.53 bits per heavy atom. The zero-order valence-electron chi connectivity index (χ0n) is 8.76. The third-order valence-electron chi connectivity index (χ3n) is 1.98. The van der Waals surface area contributed by atoms with Gasteiger partial charge < -0.3 is 4.74 Å². The normalized spacial score (nSPS) is 13.9. The average molecular weight is 333 g/mol. The molecule has 0 radical (unpaired) electrons. The largest absolute Gasteiger partial charge is 0.411 e. The molecule has 3 nitrogen and oxygen atoms in total. The van der Waals surface area contributed by atoms with Gasteiger partial charge in [-0.1, -0.05) is 0 Å². The molecular formula is C9H12BrF3N2OS. The van der Waals surface area contributed by atoms with Crippen molar-refractivity contribution in [3.05, 3.63) is 20.8 Å². The number of nitrogens with one attached hydrogen (secondary N) is 1. The number of halogens is 4. The molecule has 1 unspecified atom stereocenters. The summed E-state index contributed by atoms with van der Waals surface area (Å²) in [5.74, 6) is 5.36. The molecule has 0 aromatic carbocycles. The van der Waals surface area contributed by atoms with Crippen LogP contribution in [-0.2, 0) is 4.74 Å². The third kappa shape index (κ3) is 5.35. The van der Waals surface area contributed by atoms with Crippen molar-refractivity contribution in [2.45, 2.75) is 18.6 Å². The first-order valence-electron chi connectivity index (χ1n) is 4.77. The molecule has 0 spiro atoms. The molecule has 0 aliphatic carbocycles. The van der Waals surface area contributed by atoms with Crippen LogP contribution in [0, 0.1) is 0 Å². The highest BCUT2D eigenvalue weighted by Gasteiger charge is 2.27. The lowest BCUT2D eigenvalue weighted by Crippen LogP contribution is -2.29. The Morgan fingerprint density at radius 3 is 2.71 bits per heavy atom. The van der Waals surface area contributed by atoms with Gasteiger partial charge in [0.1, 0.15) is 6.61 Å². The summed E-state index contributed by atoms with van der Waals surface area (Å²) in [5, 5.41) is 1.88. The summed E-state index contributed by atoms with van der Waals surface area (Å²) >= 11 is 4.82. The smallest absolute Gasteiger partial charge is 0.372 e. The third-order valence-corrected chi connectivity index (χ3v) is 3.96. The van der Waals surface area contributed by atoms with Gasteiger partial charge in [-0.25, -0.2) is 0 Å². The number of alkyl halides is 3. The highest BCUT2D eigenvalue weighted by molar-refractivity contribution is 9.10. The van der Waals surface area contributed by atoms with Gasteiger partial charge in [0.2, 0.25) is 0 Å². The van der Waals surface area contributed by atoms with Crippen LogP contribution in [0.4, 0.5) is 13.2 Å². The van der Waals surface area contributed by atoms with Crippen molar-refractivity contribution in [3.8, 4) is 0 Å². The van der Waals surface area contributed by atoms with Crippen LogP contribution in [0.5, 0.6) is 0 Å². The van der Waals surface area contributed by atoms with Crippen molar-refractivity contribution in [1.82, 2.24) is 5.43 Å². The zero-order chi connectivity index (χ0) is 12.9. The van der Waals surface area contributed by atoms with Crippen LogP contribution in [0.1, 0.15) is 17.3 Å². The summed E-state index contributed by atoms with van der Waals surface area (Å²) in [7, 11) is 0. The van der Waals surface area contributed by atoms with Crippen molar-refractivity contribution in [2.75, 3.05) is 13.2 Å². The first-order chi connectivity index (χ1) is 7.94. The predicted molar refractivity (Wildman–Crippen MR) is 63.6 cm³/mol. The van der Waals surface area contributed by atoms with E-state index in [1.807, 2.05) is 11.4 Å². The van der Waals surface area contributed by atoms with Crippen LogP contribution in [0.3, 0.4) is 0 Å². The number of hydrogen-bond acceptors (Lipinski definition) is 4.